The summed E-state index contributed by atoms with van der Waals surface area (Å²) in [6.45, 7) is 0. The van der Waals surface area contributed by atoms with E-state index in [0.717, 1.165) is 21.1 Å². The first kappa shape index (κ1) is 16.5. The lowest BCUT2D eigenvalue weighted by Crippen LogP contribution is -2.14. The molecule has 118 valence electrons. The Morgan fingerprint density at radius 1 is 1.21 bits per heavy atom. The molecule has 24 heavy (non-hydrogen) atoms. The predicted molar refractivity (Wildman–Crippen MR) is 100.0 cm³/mol. The van der Waals surface area contributed by atoms with Crippen molar-refractivity contribution in [2.75, 3.05) is 11.1 Å². The first-order valence-electron chi connectivity index (χ1n) is 7.14. The van der Waals surface area contributed by atoms with Crippen molar-refractivity contribution in [3.8, 4) is 6.07 Å². The van der Waals surface area contributed by atoms with Gasteiger partial charge in [0.25, 0.3) is 0 Å². The third-order valence-corrected chi connectivity index (χ3v) is 4.74. The van der Waals surface area contributed by atoms with Crippen LogP contribution < -0.4 is 5.32 Å². The number of carbonyl (C=O) groups is 1. The number of carbonyl (C=O) groups excluding carboxylic acids is 1. The zero-order valence-electron chi connectivity index (χ0n) is 12.5. The molecule has 0 fully saturated rings. The molecule has 0 saturated heterocycles. The molecule has 2 aromatic carbocycles. The molecule has 1 amide bonds. The summed E-state index contributed by atoms with van der Waals surface area (Å²) in [5.41, 5.74) is 2.02. The van der Waals surface area contributed by atoms with Gasteiger partial charge in [-0.1, -0.05) is 52.0 Å². The molecule has 4 nitrogen and oxygen atoms in total. The molecule has 1 N–H and O–H groups in total. The Kier molecular flexibility index (Phi) is 5.14. The zero-order valence-corrected chi connectivity index (χ0v) is 14.9. The summed E-state index contributed by atoms with van der Waals surface area (Å²) in [6, 6.07) is 19.0. The van der Waals surface area contributed by atoms with Gasteiger partial charge < -0.3 is 5.32 Å². The highest BCUT2D eigenvalue weighted by Gasteiger charge is 2.10. The van der Waals surface area contributed by atoms with Gasteiger partial charge in [-0.2, -0.15) is 5.26 Å². The van der Waals surface area contributed by atoms with Crippen molar-refractivity contribution in [3.63, 3.8) is 0 Å². The van der Waals surface area contributed by atoms with Gasteiger partial charge in [0.1, 0.15) is 11.1 Å². The maximum Gasteiger partial charge on any atom is 0.234 e. The molecule has 1 aromatic heterocycles. The fourth-order valence-electron chi connectivity index (χ4n) is 2.19. The lowest BCUT2D eigenvalue weighted by atomic mass is 10.2. The molecule has 0 radical (unpaired) electrons. The van der Waals surface area contributed by atoms with Crippen LogP contribution in [0, 0.1) is 11.3 Å². The number of nitrogens with zero attached hydrogens (tertiary/aromatic N) is 2. The molecular formula is C18H12BrN3OS. The molecule has 3 aromatic rings. The van der Waals surface area contributed by atoms with E-state index in [1.165, 1.54) is 11.8 Å². The van der Waals surface area contributed by atoms with E-state index in [-0.39, 0.29) is 11.7 Å². The van der Waals surface area contributed by atoms with Gasteiger partial charge in [0.05, 0.1) is 16.8 Å². The van der Waals surface area contributed by atoms with Crippen LogP contribution in [0.15, 0.2) is 64.1 Å². The molecule has 3 rings (SSSR count). The Morgan fingerprint density at radius 3 is 2.83 bits per heavy atom. The molecule has 0 bridgehead atoms. The minimum Gasteiger partial charge on any atom is -0.325 e. The lowest BCUT2D eigenvalue weighted by molar-refractivity contribution is -0.113. The second kappa shape index (κ2) is 7.47. The Hall–Kier alpha value is -2.36. The van der Waals surface area contributed by atoms with Crippen molar-refractivity contribution in [1.82, 2.24) is 4.98 Å². The van der Waals surface area contributed by atoms with Crippen molar-refractivity contribution < 1.29 is 4.79 Å². The van der Waals surface area contributed by atoms with E-state index < -0.39 is 0 Å². The van der Waals surface area contributed by atoms with E-state index in [1.807, 2.05) is 48.5 Å². The summed E-state index contributed by atoms with van der Waals surface area (Å²) in [5, 5.41) is 13.6. The number of hydrogen-bond donors (Lipinski definition) is 1. The third kappa shape index (κ3) is 3.94. The number of thioether (sulfide) groups is 1. The number of benzene rings is 2. The third-order valence-electron chi connectivity index (χ3n) is 3.26. The standard InChI is InChI=1S/C18H12BrN3OS/c19-14-5-3-6-15(9-14)21-17(23)11-24-18-13(10-20)8-12-4-1-2-7-16(12)22-18/h1-9H,11H2,(H,21,23). The van der Waals surface area contributed by atoms with Crippen LogP contribution in [0.2, 0.25) is 0 Å². The van der Waals surface area contributed by atoms with Crippen LogP contribution in [0.5, 0.6) is 0 Å². The van der Waals surface area contributed by atoms with Crippen LogP contribution in [-0.4, -0.2) is 16.6 Å². The summed E-state index contributed by atoms with van der Waals surface area (Å²) in [7, 11) is 0. The van der Waals surface area contributed by atoms with Crippen LogP contribution in [0.25, 0.3) is 10.9 Å². The molecule has 6 heteroatoms. The van der Waals surface area contributed by atoms with E-state index in [1.54, 1.807) is 6.07 Å². The van der Waals surface area contributed by atoms with Gasteiger partial charge in [-0.25, -0.2) is 4.98 Å². The van der Waals surface area contributed by atoms with Crippen molar-refractivity contribution in [2.45, 2.75) is 5.03 Å². The Morgan fingerprint density at radius 2 is 2.04 bits per heavy atom. The number of para-hydroxylation sites is 1. The summed E-state index contributed by atoms with van der Waals surface area (Å²) < 4.78 is 0.899. The molecule has 0 aliphatic heterocycles. The van der Waals surface area contributed by atoms with Crippen molar-refractivity contribution >= 4 is 50.2 Å². The van der Waals surface area contributed by atoms with Crippen LogP contribution in [-0.2, 0) is 4.79 Å². The average molecular weight is 398 g/mol. The van der Waals surface area contributed by atoms with Gasteiger partial charge in [-0.3, -0.25) is 4.79 Å². The molecule has 0 unspecified atom stereocenters. The molecule has 0 aliphatic carbocycles. The topological polar surface area (TPSA) is 65.8 Å². The number of pyridine rings is 1. The molecule has 0 aliphatic rings. The van der Waals surface area contributed by atoms with Crippen LogP contribution >= 0.6 is 27.7 Å². The highest BCUT2D eigenvalue weighted by Crippen LogP contribution is 2.25. The SMILES string of the molecule is N#Cc1cc2ccccc2nc1SCC(=O)Nc1cccc(Br)c1. The predicted octanol–water partition coefficient (Wildman–Crippen LogP) is 4.60. The van der Waals surface area contributed by atoms with Crippen molar-refractivity contribution in [2.24, 2.45) is 0 Å². The molecule has 0 atom stereocenters. The first-order chi connectivity index (χ1) is 11.7. The number of nitrogens with one attached hydrogen (secondary N) is 1. The zero-order chi connectivity index (χ0) is 16.9. The average Bonchev–Trinajstić information content (AvgIpc) is 2.59. The van der Waals surface area contributed by atoms with Crippen molar-refractivity contribution in [3.05, 3.63) is 64.6 Å². The van der Waals surface area contributed by atoms with E-state index in [4.69, 9.17) is 0 Å². The number of aromatic nitrogens is 1. The van der Waals surface area contributed by atoms with Crippen LogP contribution in [0.3, 0.4) is 0 Å². The summed E-state index contributed by atoms with van der Waals surface area (Å²) >= 11 is 4.63. The maximum atomic E-state index is 12.1. The fraction of sp³-hybridized carbons (Fsp3) is 0.0556. The van der Waals surface area contributed by atoms with E-state index in [0.29, 0.717) is 10.6 Å². The van der Waals surface area contributed by atoms with Crippen LogP contribution in [0.4, 0.5) is 5.69 Å². The Balaban J connectivity index is 1.73. The van der Waals surface area contributed by atoms with E-state index in [2.05, 4.69) is 32.3 Å². The van der Waals surface area contributed by atoms with Crippen LogP contribution in [0.1, 0.15) is 5.56 Å². The molecule has 0 spiro atoms. The number of hydrogen-bond acceptors (Lipinski definition) is 4. The number of fused-ring (bicyclic) bond motifs is 1. The number of halogens is 1. The molecule has 0 saturated carbocycles. The highest BCUT2D eigenvalue weighted by atomic mass is 79.9. The second-order valence-corrected chi connectivity index (χ2v) is 6.87. The summed E-state index contributed by atoms with van der Waals surface area (Å²) in [4.78, 5) is 16.6. The van der Waals surface area contributed by atoms with Crippen molar-refractivity contribution in [1.29, 1.82) is 5.26 Å². The van der Waals surface area contributed by atoms with Gasteiger partial charge in [0.15, 0.2) is 0 Å². The fourth-order valence-corrected chi connectivity index (χ4v) is 3.35. The number of nitriles is 1. The molecular weight excluding hydrogens is 386 g/mol. The highest BCUT2D eigenvalue weighted by molar-refractivity contribution is 9.10. The monoisotopic (exact) mass is 397 g/mol. The minimum absolute atomic E-state index is 0.142. The van der Waals surface area contributed by atoms with Gasteiger partial charge in [-0.05, 0) is 30.3 Å². The minimum atomic E-state index is -0.142. The van der Waals surface area contributed by atoms with E-state index in [9.17, 15) is 10.1 Å². The summed E-state index contributed by atoms with van der Waals surface area (Å²) in [6.07, 6.45) is 0. The Labute approximate surface area is 152 Å². The second-order valence-electron chi connectivity index (χ2n) is 4.99. The number of anilines is 1. The number of rotatable bonds is 4. The maximum absolute atomic E-state index is 12.1. The van der Waals surface area contributed by atoms with Gasteiger partial charge in [0.2, 0.25) is 5.91 Å². The number of amides is 1. The van der Waals surface area contributed by atoms with E-state index >= 15 is 0 Å². The quantitative estimate of drug-likeness (QED) is 0.653. The first-order valence-corrected chi connectivity index (χ1v) is 8.91. The smallest absolute Gasteiger partial charge is 0.234 e. The van der Waals surface area contributed by atoms with Gasteiger partial charge in [0, 0.05) is 15.5 Å². The van der Waals surface area contributed by atoms with Gasteiger partial charge >= 0.3 is 0 Å². The van der Waals surface area contributed by atoms with Gasteiger partial charge in [-0.15, -0.1) is 0 Å². The normalized spacial score (nSPS) is 10.3. The lowest BCUT2D eigenvalue weighted by Gasteiger charge is -2.07. The summed E-state index contributed by atoms with van der Waals surface area (Å²) in [5.74, 6) is 0.0453. The largest absolute Gasteiger partial charge is 0.325 e. The molecule has 1 heterocycles. The Bertz CT molecular complexity index is 952.